The van der Waals surface area contributed by atoms with Crippen LogP contribution in [-0.2, 0) is 11.3 Å². The Morgan fingerprint density at radius 3 is 2.71 bits per heavy atom. The van der Waals surface area contributed by atoms with Gasteiger partial charge in [-0.15, -0.1) is 0 Å². The molecular weight excluding hydrogens is 310 g/mol. The Hall–Kier alpha value is -2.57. The number of rotatable bonds is 6. The summed E-state index contributed by atoms with van der Waals surface area (Å²) in [5.41, 5.74) is 0.754. The third-order valence-electron chi connectivity index (χ3n) is 4.25. The van der Waals surface area contributed by atoms with E-state index in [1.54, 1.807) is 26.4 Å². The predicted molar refractivity (Wildman–Crippen MR) is 86.6 cm³/mol. The molecule has 24 heavy (non-hydrogen) atoms. The van der Waals surface area contributed by atoms with Crippen molar-refractivity contribution in [3.8, 4) is 22.9 Å². The van der Waals surface area contributed by atoms with Crippen molar-refractivity contribution in [3.63, 3.8) is 0 Å². The van der Waals surface area contributed by atoms with Crippen molar-refractivity contribution in [1.82, 2.24) is 15.5 Å². The van der Waals surface area contributed by atoms with Gasteiger partial charge >= 0.3 is 0 Å². The average molecular weight is 331 g/mol. The maximum atomic E-state index is 12.0. The molecule has 1 amide bonds. The number of carbonyl (C=O) groups is 1. The molecule has 7 nitrogen and oxygen atoms in total. The van der Waals surface area contributed by atoms with Crippen molar-refractivity contribution in [1.29, 1.82) is 0 Å². The third kappa shape index (κ3) is 3.50. The quantitative estimate of drug-likeness (QED) is 0.875. The lowest BCUT2D eigenvalue weighted by Crippen LogP contribution is -2.28. The second-order valence-corrected chi connectivity index (χ2v) is 5.78. The fourth-order valence-electron chi connectivity index (χ4n) is 2.91. The van der Waals surface area contributed by atoms with Gasteiger partial charge in [0.2, 0.25) is 17.6 Å². The second-order valence-electron chi connectivity index (χ2n) is 5.78. The molecule has 1 fully saturated rings. The Balaban J connectivity index is 1.65. The van der Waals surface area contributed by atoms with Gasteiger partial charge in [0.25, 0.3) is 0 Å². The number of amides is 1. The lowest BCUT2D eigenvalue weighted by molar-refractivity contribution is -0.125. The van der Waals surface area contributed by atoms with Gasteiger partial charge in [0.15, 0.2) is 11.5 Å². The molecule has 3 rings (SSSR count). The topological polar surface area (TPSA) is 86.5 Å². The van der Waals surface area contributed by atoms with Crippen LogP contribution in [0.5, 0.6) is 11.5 Å². The molecule has 1 saturated carbocycles. The van der Waals surface area contributed by atoms with Gasteiger partial charge in [-0.25, -0.2) is 0 Å². The molecule has 1 aromatic heterocycles. The first-order chi connectivity index (χ1) is 11.7. The zero-order valence-electron chi connectivity index (χ0n) is 13.9. The Bertz CT molecular complexity index is 708. The molecular formula is C17H21N3O4. The van der Waals surface area contributed by atoms with E-state index in [9.17, 15) is 4.79 Å². The van der Waals surface area contributed by atoms with E-state index in [2.05, 4.69) is 15.5 Å². The van der Waals surface area contributed by atoms with Crippen LogP contribution in [0.4, 0.5) is 0 Å². The summed E-state index contributed by atoms with van der Waals surface area (Å²) in [5, 5.41) is 6.83. The van der Waals surface area contributed by atoms with Gasteiger partial charge < -0.3 is 19.3 Å². The van der Waals surface area contributed by atoms with Gasteiger partial charge in [-0.1, -0.05) is 18.0 Å². The molecule has 1 aliphatic rings. The molecule has 0 bridgehead atoms. The molecule has 0 aliphatic heterocycles. The highest BCUT2D eigenvalue weighted by Crippen LogP contribution is 2.31. The minimum Gasteiger partial charge on any atom is -0.493 e. The molecule has 1 N–H and O–H groups in total. The molecule has 7 heteroatoms. The minimum absolute atomic E-state index is 0.0679. The number of hydrogen-bond acceptors (Lipinski definition) is 6. The van der Waals surface area contributed by atoms with E-state index in [-0.39, 0.29) is 18.4 Å². The van der Waals surface area contributed by atoms with Gasteiger partial charge in [0, 0.05) is 11.5 Å². The number of benzene rings is 1. The van der Waals surface area contributed by atoms with Crippen LogP contribution >= 0.6 is 0 Å². The van der Waals surface area contributed by atoms with Crippen molar-refractivity contribution in [3.05, 3.63) is 24.1 Å². The van der Waals surface area contributed by atoms with Crippen LogP contribution < -0.4 is 14.8 Å². The summed E-state index contributed by atoms with van der Waals surface area (Å²) in [6.07, 6.45) is 4.18. The van der Waals surface area contributed by atoms with E-state index in [1.807, 2.05) is 6.07 Å². The molecule has 0 unspecified atom stereocenters. The van der Waals surface area contributed by atoms with E-state index in [1.165, 1.54) is 0 Å². The minimum atomic E-state index is 0.0679. The lowest BCUT2D eigenvalue weighted by Gasteiger charge is -2.08. The fourth-order valence-corrected chi connectivity index (χ4v) is 2.91. The molecule has 0 radical (unpaired) electrons. The molecule has 0 saturated heterocycles. The fraction of sp³-hybridized carbons (Fsp3) is 0.471. The van der Waals surface area contributed by atoms with Crippen molar-refractivity contribution < 1.29 is 18.8 Å². The van der Waals surface area contributed by atoms with Crippen LogP contribution in [0.25, 0.3) is 11.4 Å². The first-order valence-electron chi connectivity index (χ1n) is 8.04. The van der Waals surface area contributed by atoms with Crippen LogP contribution in [-0.4, -0.2) is 30.3 Å². The van der Waals surface area contributed by atoms with Crippen LogP contribution in [0, 0.1) is 5.92 Å². The van der Waals surface area contributed by atoms with E-state index in [0.29, 0.717) is 23.2 Å². The number of methoxy groups -OCH3 is 2. The van der Waals surface area contributed by atoms with Crippen LogP contribution in [0.15, 0.2) is 22.7 Å². The molecule has 0 spiro atoms. The van der Waals surface area contributed by atoms with Crippen molar-refractivity contribution in [2.45, 2.75) is 32.2 Å². The first kappa shape index (κ1) is 16.3. The van der Waals surface area contributed by atoms with Gasteiger partial charge in [-0.2, -0.15) is 4.98 Å². The zero-order chi connectivity index (χ0) is 16.9. The molecule has 128 valence electrons. The highest BCUT2D eigenvalue weighted by molar-refractivity contribution is 5.78. The molecule has 1 aromatic carbocycles. The van der Waals surface area contributed by atoms with Crippen molar-refractivity contribution in [2.75, 3.05) is 14.2 Å². The summed E-state index contributed by atoms with van der Waals surface area (Å²) in [6, 6.07) is 5.39. The third-order valence-corrected chi connectivity index (χ3v) is 4.25. The van der Waals surface area contributed by atoms with Gasteiger partial charge in [-0.05, 0) is 31.0 Å². The van der Waals surface area contributed by atoms with Crippen molar-refractivity contribution in [2.24, 2.45) is 5.92 Å². The van der Waals surface area contributed by atoms with E-state index >= 15 is 0 Å². The van der Waals surface area contributed by atoms with E-state index in [4.69, 9.17) is 14.0 Å². The number of nitrogens with one attached hydrogen (secondary N) is 1. The number of nitrogens with zero attached hydrogens (tertiary/aromatic N) is 2. The summed E-state index contributed by atoms with van der Waals surface area (Å²) >= 11 is 0. The monoisotopic (exact) mass is 331 g/mol. The zero-order valence-corrected chi connectivity index (χ0v) is 13.9. The number of hydrogen-bond donors (Lipinski definition) is 1. The van der Waals surface area contributed by atoms with Gasteiger partial charge in [-0.3, -0.25) is 4.79 Å². The van der Waals surface area contributed by atoms with Gasteiger partial charge in [0.1, 0.15) is 0 Å². The summed E-state index contributed by atoms with van der Waals surface area (Å²) in [4.78, 5) is 16.3. The maximum Gasteiger partial charge on any atom is 0.246 e. The first-order valence-corrected chi connectivity index (χ1v) is 8.04. The summed E-state index contributed by atoms with van der Waals surface area (Å²) in [5.74, 6) is 2.24. The highest BCUT2D eigenvalue weighted by atomic mass is 16.5. The van der Waals surface area contributed by atoms with Crippen LogP contribution in [0.1, 0.15) is 31.6 Å². The van der Waals surface area contributed by atoms with E-state index in [0.717, 1.165) is 31.2 Å². The second kappa shape index (κ2) is 7.33. The number of carbonyl (C=O) groups excluding carboxylic acids is 1. The average Bonchev–Trinajstić information content (AvgIpc) is 3.30. The SMILES string of the molecule is COc1ccc(-c2noc(CNC(=O)C3CCCC3)n2)cc1OC. The van der Waals surface area contributed by atoms with Crippen LogP contribution in [0.2, 0.25) is 0 Å². The summed E-state index contributed by atoms with van der Waals surface area (Å²) in [6.45, 7) is 0.246. The number of ether oxygens (including phenoxy) is 2. The highest BCUT2D eigenvalue weighted by Gasteiger charge is 2.22. The van der Waals surface area contributed by atoms with Crippen LogP contribution in [0.3, 0.4) is 0 Å². The number of aromatic nitrogens is 2. The summed E-state index contributed by atoms with van der Waals surface area (Å²) in [7, 11) is 3.15. The normalized spacial score (nSPS) is 14.6. The van der Waals surface area contributed by atoms with E-state index < -0.39 is 0 Å². The molecule has 2 aromatic rings. The standard InChI is InChI=1S/C17H21N3O4/c1-22-13-8-7-12(9-14(13)23-2)16-19-15(24-20-16)10-18-17(21)11-5-3-4-6-11/h7-9,11H,3-6,10H2,1-2H3,(H,18,21). The molecule has 1 aliphatic carbocycles. The van der Waals surface area contributed by atoms with Crippen molar-refractivity contribution >= 4 is 5.91 Å². The Morgan fingerprint density at radius 2 is 2.00 bits per heavy atom. The maximum absolute atomic E-state index is 12.0. The lowest BCUT2D eigenvalue weighted by atomic mass is 10.1. The Morgan fingerprint density at radius 1 is 1.25 bits per heavy atom. The Labute approximate surface area is 140 Å². The summed E-state index contributed by atoms with van der Waals surface area (Å²) < 4.78 is 15.7. The smallest absolute Gasteiger partial charge is 0.246 e. The molecule has 1 heterocycles. The Kier molecular flexibility index (Phi) is 4.98. The van der Waals surface area contributed by atoms with Gasteiger partial charge in [0.05, 0.1) is 20.8 Å². The predicted octanol–water partition coefficient (Wildman–Crippen LogP) is 2.56. The largest absolute Gasteiger partial charge is 0.493 e. The molecule has 0 atom stereocenters.